The number of allylic oxidation sites excluding steroid dienone is 1. The zero-order chi connectivity index (χ0) is 20.9. The average molecular weight is 390 g/mol. The van der Waals surface area contributed by atoms with E-state index in [1.807, 2.05) is 12.1 Å². The Morgan fingerprint density at radius 3 is 2.11 bits per heavy atom. The van der Waals surface area contributed by atoms with Gasteiger partial charge in [0.25, 0.3) is 0 Å². The van der Waals surface area contributed by atoms with Crippen LogP contribution in [-0.4, -0.2) is 35.7 Å². The van der Waals surface area contributed by atoms with Gasteiger partial charge in [0.05, 0.1) is 0 Å². The summed E-state index contributed by atoms with van der Waals surface area (Å²) in [5, 5.41) is 9.21. The summed E-state index contributed by atoms with van der Waals surface area (Å²) in [6.07, 6.45) is 6.74. The van der Waals surface area contributed by atoms with Crippen molar-refractivity contribution in [2.24, 2.45) is 5.92 Å². The van der Waals surface area contributed by atoms with Crippen LogP contribution in [0.5, 0.6) is 0 Å². The van der Waals surface area contributed by atoms with Crippen LogP contribution >= 0.6 is 0 Å². The van der Waals surface area contributed by atoms with Gasteiger partial charge >= 0.3 is 0 Å². The van der Waals surface area contributed by atoms with Gasteiger partial charge in [-0.3, -0.25) is 4.90 Å². The lowest BCUT2D eigenvalue weighted by Gasteiger charge is -2.40. The van der Waals surface area contributed by atoms with Gasteiger partial charge in [-0.1, -0.05) is 49.8 Å². The third kappa shape index (κ3) is 6.42. The minimum absolute atomic E-state index is 0.0115. The molecule has 1 aromatic rings. The van der Waals surface area contributed by atoms with E-state index in [0.717, 1.165) is 31.5 Å². The molecule has 2 rings (SSSR count). The Morgan fingerprint density at radius 1 is 1.11 bits per heavy atom. The second-order valence-electron chi connectivity index (χ2n) is 9.94. The molecular weight excluding hydrogens is 349 g/mol. The zero-order valence-electron chi connectivity index (χ0n) is 18.8. The highest BCUT2D eigenvalue weighted by molar-refractivity contribution is 5.31. The lowest BCUT2D eigenvalue weighted by Crippen LogP contribution is -2.43. The number of hydrogen-bond acceptors (Lipinski definition) is 2. The number of rotatable bonds is 8. The molecule has 1 N–H and O–H groups in total. The smallest absolute Gasteiger partial charge is 0.130 e. The molecule has 1 aliphatic rings. The van der Waals surface area contributed by atoms with Gasteiger partial charge < -0.3 is 5.11 Å². The predicted octanol–water partition coefficient (Wildman–Crippen LogP) is 5.99. The second kappa shape index (κ2) is 9.54. The van der Waals surface area contributed by atoms with Gasteiger partial charge in [0, 0.05) is 12.6 Å². The number of aliphatic hydroxyl groups is 1. The minimum Gasteiger partial charge on any atom is -0.396 e. The molecule has 1 aliphatic heterocycles. The van der Waals surface area contributed by atoms with Crippen molar-refractivity contribution in [3.8, 4) is 0 Å². The maximum absolute atomic E-state index is 14.2. The third-order valence-corrected chi connectivity index (χ3v) is 6.25. The van der Waals surface area contributed by atoms with E-state index in [1.165, 1.54) is 24.0 Å². The Bertz CT molecular complexity index is 630. The van der Waals surface area contributed by atoms with Gasteiger partial charge in [0.2, 0.25) is 0 Å². The Balaban J connectivity index is 2.13. The molecule has 0 amide bonds. The van der Waals surface area contributed by atoms with Crippen LogP contribution in [0.15, 0.2) is 35.9 Å². The van der Waals surface area contributed by atoms with Gasteiger partial charge in [-0.25, -0.2) is 4.39 Å². The first-order valence-electron chi connectivity index (χ1n) is 10.8. The molecule has 28 heavy (non-hydrogen) atoms. The van der Waals surface area contributed by atoms with E-state index in [4.69, 9.17) is 0 Å². The lowest BCUT2D eigenvalue weighted by molar-refractivity contribution is 0.122. The maximum Gasteiger partial charge on any atom is 0.130 e. The van der Waals surface area contributed by atoms with E-state index >= 15 is 0 Å². The first kappa shape index (κ1) is 23.1. The van der Waals surface area contributed by atoms with E-state index in [-0.39, 0.29) is 5.41 Å². The minimum atomic E-state index is -1.30. The molecule has 0 spiro atoms. The normalized spacial score (nSPS) is 18.1. The molecule has 0 saturated carbocycles. The molecule has 1 unspecified atom stereocenters. The van der Waals surface area contributed by atoms with E-state index < -0.39 is 5.67 Å². The maximum atomic E-state index is 14.2. The van der Waals surface area contributed by atoms with Crippen LogP contribution in [0.1, 0.15) is 78.4 Å². The monoisotopic (exact) mass is 389 g/mol. The standard InChI is InChI=1S/C25H40FNO/c1-19(2)17-23(27-14-11-20(12-15-27)13-16-28)18-24(3,4)21-7-9-22(10-8-21)25(5,6)26/h7-10,17,20,23,28H,11-16,18H2,1-6H3. The summed E-state index contributed by atoms with van der Waals surface area (Å²) < 4.78 is 14.2. The fourth-order valence-corrected chi connectivity index (χ4v) is 4.39. The Kier molecular flexibility index (Phi) is 7.87. The van der Waals surface area contributed by atoms with Crippen LogP contribution in [0.3, 0.4) is 0 Å². The number of likely N-dealkylation sites (tertiary alicyclic amines) is 1. The Hall–Kier alpha value is -1.19. The van der Waals surface area contributed by atoms with Crippen LogP contribution in [0.4, 0.5) is 4.39 Å². The number of hydrogen-bond donors (Lipinski definition) is 1. The van der Waals surface area contributed by atoms with E-state index in [9.17, 15) is 9.50 Å². The van der Waals surface area contributed by atoms with E-state index in [0.29, 0.717) is 18.6 Å². The van der Waals surface area contributed by atoms with Gasteiger partial charge in [0.15, 0.2) is 0 Å². The first-order valence-corrected chi connectivity index (χ1v) is 10.8. The summed E-state index contributed by atoms with van der Waals surface area (Å²) in [4.78, 5) is 2.61. The number of halogens is 1. The van der Waals surface area contributed by atoms with Crippen LogP contribution in [0, 0.1) is 5.92 Å². The van der Waals surface area contributed by atoms with Gasteiger partial charge in [-0.05, 0) is 88.9 Å². The van der Waals surface area contributed by atoms with Crippen molar-refractivity contribution in [1.29, 1.82) is 0 Å². The molecule has 1 atom stereocenters. The molecule has 1 saturated heterocycles. The van der Waals surface area contributed by atoms with Crippen molar-refractivity contribution in [2.45, 2.75) is 84.4 Å². The topological polar surface area (TPSA) is 23.5 Å². The fourth-order valence-electron chi connectivity index (χ4n) is 4.39. The molecule has 1 heterocycles. The first-order chi connectivity index (χ1) is 13.0. The lowest BCUT2D eigenvalue weighted by atomic mass is 9.77. The molecule has 1 aromatic carbocycles. The zero-order valence-corrected chi connectivity index (χ0v) is 18.8. The van der Waals surface area contributed by atoms with Gasteiger partial charge in [0.1, 0.15) is 5.67 Å². The molecule has 0 radical (unpaired) electrons. The van der Waals surface area contributed by atoms with Gasteiger partial charge in [-0.2, -0.15) is 0 Å². The molecule has 1 fully saturated rings. The summed E-state index contributed by atoms with van der Waals surface area (Å²) >= 11 is 0. The van der Waals surface area contributed by atoms with Crippen LogP contribution in [0.25, 0.3) is 0 Å². The summed E-state index contributed by atoms with van der Waals surface area (Å²) in [5.41, 5.74) is 2.07. The van der Waals surface area contributed by atoms with Crippen molar-refractivity contribution in [3.63, 3.8) is 0 Å². The molecule has 3 heteroatoms. The van der Waals surface area contributed by atoms with Gasteiger partial charge in [-0.15, -0.1) is 0 Å². The number of alkyl halides is 1. The van der Waals surface area contributed by atoms with Crippen LogP contribution in [0.2, 0.25) is 0 Å². The third-order valence-electron chi connectivity index (χ3n) is 6.25. The second-order valence-corrected chi connectivity index (χ2v) is 9.94. The molecule has 2 nitrogen and oxygen atoms in total. The SMILES string of the molecule is CC(C)=CC(CC(C)(C)c1ccc(C(C)(C)F)cc1)N1CCC(CCO)CC1. The number of aliphatic hydroxyl groups excluding tert-OH is 1. The highest BCUT2D eigenvalue weighted by Gasteiger charge is 2.30. The average Bonchev–Trinajstić information content (AvgIpc) is 2.61. The number of piperidine rings is 1. The highest BCUT2D eigenvalue weighted by Crippen LogP contribution is 2.34. The Morgan fingerprint density at radius 2 is 1.64 bits per heavy atom. The summed E-state index contributed by atoms with van der Waals surface area (Å²) in [5.74, 6) is 0.665. The van der Waals surface area contributed by atoms with Crippen molar-refractivity contribution in [3.05, 3.63) is 47.0 Å². The largest absolute Gasteiger partial charge is 0.396 e. The van der Waals surface area contributed by atoms with E-state index in [1.54, 1.807) is 13.8 Å². The summed E-state index contributed by atoms with van der Waals surface area (Å²) in [7, 11) is 0. The Labute approximate surface area is 171 Å². The van der Waals surface area contributed by atoms with Crippen molar-refractivity contribution in [2.75, 3.05) is 19.7 Å². The van der Waals surface area contributed by atoms with Crippen molar-refractivity contribution < 1.29 is 9.50 Å². The highest BCUT2D eigenvalue weighted by atomic mass is 19.1. The van der Waals surface area contributed by atoms with Crippen LogP contribution in [-0.2, 0) is 11.1 Å². The number of nitrogens with zero attached hydrogens (tertiary/aromatic N) is 1. The molecular formula is C25H40FNO. The summed E-state index contributed by atoms with van der Waals surface area (Å²) in [6.45, 7) is 14.7. The molecule has 0 bridgehead atoms. The number of benzene rings is 1. The quantitative estimate of drug-likeness (QED) is 0.552. The summed E-state index contributed by atoms with van der Waals surface area (Å²) in [6, 6.07) is 8.49. The van der Waals surface area contributed by atoms with E-state index in [2.05, 4.69) is 50.8 Å². The van der Waals surface area contributed by atoms with Crippen LogP contribution < -0.4 is 0 Å². The molecule has 0 aromatic heterocycles. The van der Waals surface area contributed by atoms with Crippen molar-refractivity contribution in [1.82, 2.24) is 4.90 Å². The van der Waals surface area contributed by atoms with Crippen molar-refractivity contribution >= 4 is 0 Å². The predicted molar refractivity (Wildman–Crippen MR) is 117 cm³/mol. The molecule has 158 valence electrons. The fraction of sp³-hybridized carbons (Fsp3) is 0.680. The molecule has 0 aliphatic carbocycles.